The summed E-state index contributed by atoms with van der Waals surface area (Å²) in [5.41, 5.74) is 0.809. The van der Waals surface area contributed by atoms with Gasteiger partial charge < -0.3 is 10.6 Å². The highest BCUT2D eigenvalue weighted by Crippen LogP contribution is 2.17. The van der Waals surface area contributed by atoms with Gasteiger partial charge in [0.05, 0.1) is 5.02 Å². The lowest BCUT2D eigenvalue weighted by molar-refractivity contribution is -0.121. The SMILES string of the molecule is O=C(CCC1CCCNC1)NCc1ccc(F)c(Cl)c1. The second kappa shape index (κ2) is 7.60. The molecular formula is C15H20ClFN2O. The molecule has 2 N–H and O–H groups in total. The van der Waals surface area contributed by atoms with E-state index in [4.69, 9.17) is 11.6 Å². The molecule has 1 unspecified atom stereocenters. The van der Waals surface area contributed by atoms with Crippen molar-refractivity contribution in [3.05, 3.63) is 34.6 Å². The van der Waals surface area contributed by atoms with Gasteiger partial charge in [-0.2, -0.15) is 0 Å². The minimum Gasteiger partial charge on any atom is -0.352 e. The van der Waals surface area contributed by atoms with E-state index < -0.39 is 5.82 Å². The maximum atomic E-state index is 13.0. The molecule has 0 saturated carbocycles. The summed E-state index contributed by atoms with van der Waals surface area (Å²) in [7, 11) is 0. The molecule has 1 fully saturated rings. The molecule has 1 atom stereocenters. The van der Waals surface area contributed by atoms with Crippen LogP contribution >= 0.6 is 11.6 Å². The van der Waals surface area contributed by atoms with Crippen molar-refractivity contribution >= 4 is 17.5 Å². The molecule has 110 valence electrons. The van der Waals surface area contributed by atoms with E-state index in [1.165, 1.54) is 18.9 Å². The zero-order chi connectivity index (χ0) is 14.4. The Balaban J connectivity index is 1.70. The first-order valence-electron chi connectivity index (χ1n) is 7.06. The highest BCUT2D eigenvalue weighted by Gasteiger charge is 2.14. The van der Waals surface area contributed by atoms with E-state index in [9.17, 15) is 9.18 Å². The normalized spacial score (nSPS) is 18.8. The van der Waals surface area contributed by atoms with Gasteiger partial charge in [0.1, 0.15) is 5.82 Å². The summed E-state index contributed by atoms with van der Waals surface area (Å²) in [4.78, 5) is 11.8. The smallest absolute Gasteiger partial charge is 0.220 e. The number of amides is 1. The van der Waals surface area contributed by atoms with E-state index in [-0.39, 0.29) is 10.9 Å². The number of carbonyl (C=O) groups is 1. The number of benzene rings is 1. The van der Waals surface area contributed by atoms with Crippen molar-refractivity contribution in [3.8, 4) is 0 Å². The lowest BCUT2D eigenvalue weighted by atomic mass is 9.94. The predicted octanol–water partition coefficient (Wildman–Crippen LogP) is 2.88. The van der Waals surface area contributed by atoms with Gasteiger partial charge in [0.15, 0.2) is 0 Å². The number of hydrogen-bond acceptors (Lipinski definition) is 2. The quantitative estimate of drug-likeness (QED) is 0.877. The van der Waals surface area contributed by atoms with Crippen molar-refractivity contribution < 1.29 is 9.18 Å². The molecule has 0 bridgehead atoms. The summed E-state index contributed by atoms with van der Waals surface area (Å²) < 4.78 is 13.0. The van der Waals surface area contributed by atoms with Crippen LogP contribution in [0.4, 0.5) is 4.39 Å². The van der Waals surface area contributed by atoms with Gasteiger partial charge in [0.25, 0.3) is 0 Å². The van der Waals surface area contributed by atoms with Crippen molar-refractivity contribution in [2.75, 3.05) is 13.1 Å². The van der Waals surface area contributed by atoms with E-state index in [1.54, 1.807) is 12.1 Å². The largest absolute Gasteiger partial charge is 0.352 e. The summed E-state index contributed by atoms with van der Waals surface area (Å²) in [5.74, 6) is 0.206. The zero-order valence-corrected chi connectivity index (χ0v) is 12.2. The average molecular weight is 299 g/mol. The van der Waals surface area contributed by atoms with Gasteiger partial charge in [-0.15, -0.1) is 0 Å². The van der Waals surface area contributed by atoms with Gasteiger partial charge in [-0.1, -0.05) is 17.7 Å². The first kappa shape index (κ1) is 15.3. The Morgan fingerprint density at radius 3 is 3.05 bits per heavy atom. The minimum atomic E-state index is -0.438. The van der Waals surface area contributed by atoms with Crippen LogP contribution in [0.15, 0.2) is 18.2 Å². The third-order valence-electron chi connectivity index (χ3n) is 3.65. The standard InChI is InChI=1S/C15H20ClFN2O/c16-13-8-12(3-5-14(13)17)10-19-15(20)6-4-11-2-1-7-18-9-11/h3,5,8,11,18H,1-2,4,6-7,9-10H2,(H,19,20). The Morgan fingerprint density at radius 2 is 2.35 bits per heavy atom. The summed E-state index contributed by atoms with van der Waals surface area (Å²) in [6, 6.07) is 4.49. The maximum Gasteiger partial charge on any atom is 0.220 e. The van der Waals surface area contributed by atoms with E-state index in [2.05, 4.69) is 10.6 Å². The number of halogens is 2. The van der Waals surface area contributed by atoms with Crippen LogP contribution in [0.5, 0.6) is 0 Å². The Hall–Kier alpha value is -1.13. The van der Waals surface area contributed by atoms with Crippen LogP contribution in [0.2, 0.25) is 5.02 Å². The van der Waals surface area contributed by atoms with Crippen molar-refractivity contribution in [1.29, 1.82) is 0 Å². The topological polar surface area (TPSA) is 41.1 Å². The van der Waals surface area contributed by atoms with Crippen molar-refractivity contribution in [1.82, 2.24) is 10.6 Å². The molecule has 0 radical (unpaired) electrons. The molecule has 1 aliphatic rings. The van der Waals surface area contributed by atoms with E-state index >= 15 is 0 Å². The summed E-state index contributed by atoms with van der Waals surface area (Å²) >= 11 is 5.70. The lowest BCUT2D eigenvalue weighted by Crippen LogP contribution is -2.31. The Kier molecular flexibility index (Phi) is 5.80. The van der Waals surface area contributed by atoms with Gasteiger partial charge >= 0.3 is 0 Å². The molecule has 1 saturated heterocycles. The third kappa shape index (κ3) is 4.76. The van der Waals surface area contributed by atoms with Gasteiger partial charge in [-0.3, -0.25) is 4.79 Å². The summed E-state index contributed by atoms with van der Waals surface area (Å²) in [6.07, 6.45) is 3.86. The first-order valence-corrected chi connectivity index (χ1v) is 7.44. The fraction of sp³-hybridized carbons (Fsp3) is 0.533. The van der Waals surface area contributed by atoms with Gasteiger partial charge in [-0.05, 0) is 56.0 Å². The molecule has 20 heavy (non-hydrogen) atoms. The number of piperidine rings is 1. The van der Waals surface area contributed by atoms with E-state index in [1.807, 2.05) is 0 Å². The van der Waals surface area contributed by atoms with Crippen molar-refractivity contribution in [2.24, 2.45) is 5.92 Å². The molecular weight excluding hydrogens is 279 g/mol. The van der Waals surface area contributed by atoms with E-state index in [0.717, 1.165) is 25.1 Å². The second-order valence-electron chi connectivity index (χ2n) is 5.28. The molecule has 3 nitrogen and oxygen atoms in total. The van der Waals surface area contributed by atoms with Crippen LogP contribution in [0.1, 0.15) is 31.2 Å². The zero-order valence-electron chi connectivity index (χ0n) is 11.4. The fourth-order valence-corrected chi connectivity index (χ4v) is 2.65. The van der Waals surface area contributed by atoms with Gasteiger partial charge in [0, 0.05) is 13.0 Å². The molecule has 1 heterocycles. The number of rotatable bonds is 5. The molecule has 1 amide bonds. The summed E-state index contributed by atoms with van der Waals surface area (Å²) in [6.45, 7) is 2.50. The summed E-state index contributed by atoms with van der Waals surface area (Å²) in [5, 5.41) is 6.28. The van der Waals surface area contributed by atoms with Gasteiger partial charge in [0.2, 0.25) is 5.91 Å². The van der Waals surface area contributed by atoms with Crippen LogP contribution in [0, 0.1) is 11.7 Å². The average Bonchev–Trinajstić information content (AvgIpc) is 2.47. The molecule has 1 aliphatic heterocycles. The Morgan fingerprint density at radius 1 is 1.50 bits per heavy atom. The first-order chi connectivity index (χ1) is 9.65. The van der Waals surface area contributed by atoms with Crippen LogP contribution < -0.4 is 10.6 Å². The molecule has 5 heteroatoms. The Labute approximate surface area is 123 Å². The highest BCUT2D eigenvalue weighted by atomic mass is 35.5. The minimum absolute atomic E-state index is 0.0380. The molecule has 0 aromatic heterocycles. The molecule has 0 aliphatic carbocycles. The predicted molar refractivity (Wildman–Crippen MR) is 78.1 cm³/mol. The van der Waals surface area contributed by atoms with E-state index in [0.29, 0.717) is 18.9 Å². The lowest BCUT2D eigenvalue weighted by Gasteiger charge is -2.22. The van der Waals surface area contributed by atoms with Crippen molar-refractivity contribution in [2.45, 2.75) is 32.2 Å². The number of carbonyl (C=O) groups excluding carboxylic acids is 1. The van der Waals surface area contributed by atoms with Crippen LogP contribution in [0.25, 0.3) is 0 Å². The number of hydrogen-bond donors (Lipinski definition) is 2. The monoisotopic (exact) mass is 298 g/mol. The van der Waals surface area contributed by atoms with Gasteiger partial charge in [-0.25, -0.2) is 4.39 Å². The van der Waals surface area contributed by atoms with Crippen LogP contribution in [-0.2, 0) is 11.3 Å². The van der Waals surface area contributed by atoms with Crippen LogP contribution in [0.3, 0.4) is 0 Å². The molecule has 1 aromatic carbocycles. The highest BCUT2D eigenvalue weighted by molar-refractivity contribution is 6.30. The molecule has 1 aromatic rings. The number of nitrogens with one attached hydrogen (secondary N) is 2. The third-order valence-corrected chi connectivity index (χ3v) is 3.94. The van der Waals surface area contributed by atoms with Crippen molar-refractivity contribution in [3.63, 3.8) is 0 Å². The molecule has 2 rings (SSSR count). The van der Waals surface area contributed by atoms with Crippen LogP contribution in [-0.4, -0.2) is 19.0 Å². The Bertz CT molecular complexity index is 461. The second-order valence-corrected chi connectivity index (χ2v) is 5.68. The molecule has 0 spiro atoms. The maximum absolute atomic E-state index is 13.0. The fourth-order valence-electron chi connectivity index (χ4n) is 2.44.